The minimum absolute atomic E-state index is 0.288. The van der Waals surface area contributed by atoms with Gasteiger partial charge in [-0.25, -0.2) is 9.97 Å². The Labute approximate surface area is 225 Å². The number of halogens is 1. The van der Waals surface area contributed by atoms with E-state index in [2.05, 4.69) is 40.2 Å². The summed E-state index contributed by atoms with van der Waals surface area (Å²) in [6, 6.07) is 10.8. The van der Waals surface area contributed by atoms with Crippen molar-refractivity contribution in [1.29, 1.82) is 5.26 Å². The zero-order chi connectivity index (χ0) is 26.7. The summed E-state index contributed by atoms with van der Waals surface area (Å²) in [5.74, 6) is 1.37. The maximum Gasteiger partial charge on any atom is 0.126 e. The Morgan fingerprint density at radius 3 is 2.73 bits per heavy atom. The molecule has 2 aromatic rings. The van der Waals surface area contributed by atoms with Gasteiger partial charge in [0.1, 0.15) is 11.6 Å². The lowest BCUT2D eigenvalue weighted by Crippen LogP contribution is -2.37. The van der Waals surface area contributed by atoms with Crippen molar-refractivity contribution in [2.45, 2.75) is 70.4 Å². The molecule has 2 aromatic heterocycles. The van der Waals surface area contributed by atoms with Crippen LogP contribution < -0.4 is 16.4 Å². The predicted octanol–water partition coefficient (Wildman–Crippen LogP) is 5.87. The van der Waals surface area contributed by atoms with Gasteiger partial charge in [0.25, 0.3) is 0 Å². The third-order valence-corrected chi connectivity index (χ3v) is 7.16. The van der Waals surface area contributed by atoms with Crippen LogP contribution in [-0.2, 0) is 4.74 Å². The van der Waals surface area contributed by atoms with Crippen molar-refractivity contribution in [3.63, 3.8) is 0 Å². The van der Waals surface area contributed by atoms with Gasteiger partial charge in [0.15, 0.2) is 0 Å². The van der Waals surface area contributed by atoms with Gasteiger partial charge in [0, 0.05) is 50.0 Å². The lowest BCUT2D eigenvalue weighted by Gasteiger charge is -2.30. The van der Waals surface area contributed by atoms with Crippen LogP contribution >= 0.6 is 11.6 Å². The normalized spacial score (nSPS) is 18.1. The highest BCUT2D eigenvalue weighted by molar-refractivity contribution is 6.33. The van der Waals surface area contributed by atoms with Gasteiger partial charge in [0.05, 0.1) is 28.0 Å². The second-order valence-corrected chi connectivity index (χ2v) is 10.4. The Morgan fingerprint density at radius 1 is 1.32 bits per heavy atom. The van der Waals surface area contributed by atoms with E-state index in [9.17, 15) is 5.26 Å². The van der Waals surface area contributed by atoms with E-state index in [1.165, 1.54) is 38.3 Å². The number of nitrogen functional groups attached to an aromatic ring is 1. The number of ether oxygens (including phenoxy) is 1. The molecule has 9 heteroatoms. The number of nitriles is 1. The summed E-state index contributed by atoms with van der Waals surface area (Å²) < 4.78 is 5.35. The van der Waals surface area contributed by atoms with E-state index in [4.69, 9.17) is 27.2 Å². The molecule has 5 N–H and O–H groups in total. The first-order valence-corrected chi connectivity index (χ1v) is 13.4. The van der Waals surface area contributed by atoms with E-state index in [1.54, 1.807) is 6.07 Å². The number of aliphatic hydroxyl groups is 1. The Morgan fingerprint density at radius 2 is 2.05 bits per heavy atom. The SMILES string of the molecule is C=C(O)CC(C)NC1CCCCC1.N#CC1(CNc2cccc(-c3cc(N)ncc3Cl)n2)CCOCC1. The number of anilines is 2. The number of pyridine rings is 2. The molecule has 200 valence electrons. The Balaban J connectivity index is 0.000000248. The smallest absolute Gasteiger partial charge is 0.126 e. The van der Waals surface area contributed by atoms with Crippen LogP contribution in [0.1, 0.15) is 58.3 Å². The Hall–Kier alpha value is -2.86. The highest BCUT2D eigenvalue weighted by Gasteiger charge is 2.32. The Kier molecular flexibility index (Phi) is 11.0. The lowest BCUT2D eigenvalue weighted by molar-refractivity contribution is 0.0455. The molecule has 1 atom stereocenters. The largest absolute Gasteiger partial charge is 0.513 e. The molecular formula is C28H39ClN6O2. The summed E-state index contributed by atoms with van der Waals surface area (Å²) in [6.07, 6.45) is 10.3. The predicted molar refractivity (Wildman–Crippen MR) is 149 cm³/mol. The summed E-state index contributed by atoms with van der Waals surface area (Å²) in [6.45, 7) is 7.39. The first-order valence-electron chi connectivity index (χ1n) is 13.0. The summed E-state index contributed by atoms with van der Waals surface area (Å²) in [7, 11) is 0. The molecule has 1 saturated heterocycles. The summed E-state index contributed by atoms with van der Waals surface area (Å²) in [5, 5.41) is 25.8. The number of hydrogen-bond acceptors (Lipinski definition) is 8. The fourth-order valence-corrected chi connectivity index (χ4v) is 4.97. The van der Waals surface area contributed by atoms with E-state index in [0.717, 1.165) is 18.4 Å². The number of hydrogen-bond donors (Lipinski definition) is 4. The van der Waals surface area contributed by atoms with Crippen LogP contribution in [0.15, 0.2) is 42.8 Å². The zero-order valence-corrected chi connectivity index (χ0v) is 22.4. The van der Waals surface area contributed by atoms with Gasteiger partial charge in [-0.3, -0.25) is 0 Å². The average Bonchev–Trinajstić information content (AvgIpc) is 2.90. The quantitative estimate of drug-likeness (QED) is 0.314. The minimum Gasteiger partial charge on any atom is -0.513 e. The molecule has 2 aliphatic rings. The molecule has 0 spiro atoms. The van der Waals surface area contributed by atoms with E-state index in [-0.39, 0.29) is 5.76 Å². The molecule has 0 bridgehead atoms. The maximum absolute atomic E-state index is 9.51. The molecule has 0 aromatic carbocycles. The van der Waals surface area contributed by atoms with Crippen LogP contribution in [-0.4, -0.2) is 46.9 Å². The fourth-order valence-electron chi connectivity index (χ4n) is 4.77. The second-order valence-electron chi connectivity index (χ2n) is 10.0. The van der Waals surface area contributed by atoms with Crippen LogP contribution in [0.25, 0.3) is 11.3 Å². The van der Waals surface area contributed by atoms with Gasteiger partial charge >= 0.3 is 0 Å². The van der Waals surface area contributed by atoms with E-state index >= 15 is 0 Å². The first-order chi connectivity index (χ1) is 17.8. The van der Waals surface area contributed by atoms with Gasteiger partial charge < -0.3 is 26.2 Å². The molecule has 2 fully saturated rings. The number of nitrogens with zero attached hydrogens (tertiary/aromatic N) is 3. The van der Waals surface area contributed by atoms with Crippen molar-refractivity contribution >= 4 is 23.2 Å². The zero-order valence-electron chi connectivity index (χ0n) is 21.7. The van der Waals surface area contributed by atoms with Crippen LogP contribution in [0.5, 0.6) is 0 Å². The van der Waals surface area contributed by atoms with Crippen LogP contribution in [0.3, 0.4) is 0 Å². The molecule has 0 amide bonds. The van der Waals surface area contributed by atoms with Gasteiger partial charge in [-0.15, -0.1) is 0 Å². The molecule has 3 heterocycles. The minimum atomic E-state index is -0.408. The molecular weight excluding hydrogens is 488 g/mol. The van der Waals surface area contributed by atoms with E-state index in [0.29, 0.717) is 60.6 Å². The van der Waals surface area contributed by atoms with Gasteiger partial charge in [-0.05, 0) is 50.8 Å². The standard InChI is InChI=1S/C17H18ClN5O.C11H21NO/c18-13-9-21-15(20)8-12(13)14-2-1-3-16(23-14)22-11-17(10-19)4-6-24-7-5-17;1-9(8-10(2)13)12-11-6-4-3-5-7-11/h1-3,8-9H,4-7,11H2,(H2,20,21)(H,22,23);9,11-13H,2-8H2,1H3. The van der Waals surface area contributed by atoms with Crippen molar-refractivity contribution in [3.05, 3.63) is 47.8 Å². The number of nitrogens with one attached hydrogen (secondary N) is 2. The molecule has 8 nitrogen and oxygen atoms in total. The Bertz CT molecular complexity index is 1060. The summed E-state index contributed by atoms with van der Waals surface area (Å²) in [5.41, 5.74) is 6.76. The van der Waals surface area contributed by atoms with Gasteiger partial charge in [0.2, 0.25) is 0 Å². The lowest BCUT2D eigenvalue weighted by atomic mass is 9.82. The molecule has 0 radical (unpaired) electrons. The molecule has 4 rings (SSSR count). The summed E-state index contributed by atoms with van der Waals surface area (Å²) >= 11 is 6.19. The second kappa shape index (κ2) is 14.2. The molecule has 1 aliphatic carbocycles. The molecule has 1 aliphatic heterocycles. The van der Waals surface area contributed by atoms with Crippen molar-refractivity contribution in [3.8, 4) is 17.3 Å². The van der Waals surface area contributed by atoms with Gasteiger partial charge in [-0.2, -0.15) is 5.26 Å². The van der Waals surface area contributed by atoms with Crippen LogP contribution in [0.4, 0.5) is 11.6 Å². The summed E-state index contributed by atoms with van der Waals surface area (Å²) in [4.78, 5) is 8.53. The molecule has 1 unspecified atom stereocenters. The average molecular weight is 527 g/mol. The van der Waals surface area contributed by atoms with Crippen molar-refractivity contribution in [1.82, 2.24) is 15.3 Å². The number of aliphatic hydroxyl groups excluding tert-OH is 1. The molecule has 1 saturated carbocycles. The number of aromatic nitrogens is 2. The molecule has 37 heavy (non-hydrogen) atoms. The first kappa shape index (κ1) is 28.7. The third kappa shape index (κ3) is 9.19. The monoisotopic (exact) mass is 526 g/mol. The van der Waals surface area contributed by atoms with Crippen LogP contribution in [0, 0.1) is 16.7 Å². The van der Waals surface area contributed by atoms with Crippen molar-refractivity contribution in [2.75, 3.05) is 30.8 Å². The topological polar surface area (TPSA) is 129 Å². The number of rotatable bonds is 8. The van der Waals surface area contributed by atoms with Gasteiger partial charge in [-0.1, -0.05) is 43.5 Å². The van der Waals surface area contributed by atoms with E-state index < -0.39 is 5.41 Å². The van der Waals surface area contributed by atoms with Crippen molar-refractivity contribution < 1.29 is 9.84 Å². The fraction of sp³-hybridized carbons (Fsp3) is 0.536. The highest BCUT2D eigenvalue weighted by Crippen LogP contribution is 2.31. The number of nitrogens with two attached hydrogens (primary N) is 1. The third-order valence-electron chi connectivity index (χ3n) is 6.86. The van der Waals surface area contributed by atoms with Crippen LogP contribution in [0.2, 0.25) is 5.02 Å². The maximum atomic E-state index is 9.51. The van der Waals surface area contributed by atoms with Crippen molar-refractivity contribution in [2.24, 2.45) is 5.41 Å². The highest BCUT2D eigenvalue weighted by atomic mass is 35.5. The van der Waals surface area contributed by atoms with E-state index in [1.807, 2.05) is 18.2 Å².